The summed E-state index contributed by atoms with van der Waals surface area (Å²) in [4.78, 5) is 22.4. The van der Waals surface area contributed by atoms with Crippen LogP contribution in [0.3, 0.4) is 0 Å². The van der Waals surface area contributed by atoms with Gasteiger partial charge in [0.05, 0.1) is 13.1 Å². The lowest BCUT2D eigenvalue weighted by Crippen LogP contribution is -2.41. The zero-order valence-corrected chi connectivity index (χ0v) is 10.3. The van der Waals surface area contributed by atoms with Crippen LogP contribution in [0.5, 0.6) is 0 Å². The summed E-state index contributed by atoms with van der Waals surface area (Å²) in [7, 11) is 0. The first kappa shape index (κ1) is 14.9. The normalized spacial score (nSPS) is 9.88. The molecule has 0 radical (unpaired) electrons. The fraction of sp³-hybridized carbons (Fsp3) is 0.818. The van der Waals surface area contributed by atoms with E-state index in [-0.39, 0.29) is 24.9 Å². The van der Waals surface area contributed by atoms with Gasteiger partial charge in [-0.25, -0.2) is 0 Å². The first-order chi connectivity index (χ1) is 7.70. The number of amides is 2. The van der Waals surface area contributed by atoms with Crippen molar-refractivity contribution < 1.29 is 9.59 Å². The average molecular weight is 229 g/mol. The fourth-order valence-electron chi connectivity index (χ4n) is 1.09. The minimum absolute atomic E-state index is 0.0658. The van der Waals surface area contributed by atoms with E-state index in [1.165, 1.54) is 0 Å². The van der Waals surface area contributed by atoms with E-state index in [1.807, 2.05) is 6.92 Å². The Balaban J connectivity index is 3.40. The molecule has 0 unspecified atom stereocenters. The van der Waals surface area contributed by atoms with Crippen LogP contribution in [0, 0.1) is 0 Å². The summed E-state index contributed by atoms with van der Waals surface area (Å²) in [6, 6.07) is 0. The second-order valence-electron chi connectivity index (χ2n) is 3.66. The second-order valence-corrected chi connectivity index (χ2v) is 3.66. The van der Waals surface area contributed by atoms with Crippen LogP contribution in [0.2, 0.25) is 0 Å². The highest BCUT2D eigenvalue weighted by molar-refractivity contribution is 5.85. The Morgan fingerprint density at radius 1 is 0.875 bits per heavy atom. The molecular weight excluding hydrogens is 206 g/mol. The standard InChI is InChI=1S/C11H23N3O2/c1-3-5-7-13-11(16)9-14-10(15)8-12-6-4-2/h12H,3-9H2,1-2H3,(H,13,16)(H,14,15). The Morgan fingerprint density at radius 2 is 1.56 bits per heavy atom. The predicted octanol–water partition coefficient (Wildman–Crippen LogP) is 0.0185. The highest BCUT2D eigenvalue weighted by atomic mass is 16.2. The largest absolute Gasteiger partial charge is 0.355 e. The van der Waals surface area contributed by atoms with Crippen LogP contribution < -0.4 is 16.0 Å². The van der Waals surface area contributed by atoms with Crippen LogP contribution in [0.4, 0.5) is 0 Å². The van der Waals surface area contributed by atoms with Gasteiger partial charge in [-0.15, -0.1) is 0 Å². The molecule has 0 saturated heterocycles. The lowest BCUT2D eigenvalue weighted by atomic mass is 10.3. The van der Waals surface area contributed by atoms with E-state index in [9.17, 15) is 9.59 Å². The Morgan fingerprint density at radius 3 is 2.19 bits per heavy atom. The summed E-state index contributed by atoms with van der Waals surface area (Å²) < 4.78 is 0. The van der Waals surface area contributed by atoms with Crippen molar-refractivity contribution in [3.8, 4) is 0 Å². The summed E-state index contributed by atoms with van der Waals surface area (Å²) in [5.74, 6) is -0.267. The smallest absolute Gasteiger partial charge is 0.239 e. The molecule has 0 aliphatic heterocycles. The van der Waals surface area contributed by atoms with Gasteiger partial charge in [0, 0.05) is 6.54 Å². The first-order valence-electron chi connectivity index (χ1n) is 5.94. The Labute approximate surface area is 97.4 Å². The van der Waals surface area contributed by atoms with Gasteiger partial charge in [-0.3, -0.25) is 9.59 Å². The average Bonchev–Trinajstić information content (AvgIpc) is 2.27. The number of hydrogen-bond donors (Lipinski definition) is 3. The van der Waals surface area contributed by atoms with Gasteiger partial charge in [0.2, 0.25) is 11.8 Å². The molecule has 0 atom stereocenters. The van der Waals surface area contributed by atoms with Crippen molar-refractivity contribution >= 4 is 11.8 Å². The molecule has 0 aliphatic carbocycles. The molecule has 0 heterocycles. The van der Waals surface area contributed by atoms with Gasteiger partial charge in [-0.1, -0.05) is 20.3 Å². The zero-order valence-electron chi connectivity index (χ0n) is 10.3. The summed E-state index contributed by atoms with van der Waals surface area (Å²) in [5, 5.41) is 8.25. The molecule has 5 heteroatoms. The van der Waals surface area contributed by atoms with Gasteiger partial charge in [-0.05, 0) is 19.4 Å². The lowest BCUT2D eigenvalue weighted by Gasteiger charge is -2.06. The van der Waals surface area contributed by atoms with E-state index in [4.69, 9.17) is 0 Å². The molecule has 2 amide bonds. The molecule has 0 aromatic rings. The molecule has 0 aromatic carbocycles. The van der Waals surface area contributed by atoms with Gasteiger partial charge in [0.15, 0.2) is 0 Å². The van der Waals surface area contributed by atoms with Gasteiger partial charge >= 0.3 is 0 Å². The molecule has 3 N–H and O–H groups in total. The highest BCUT2D eigenvalue weighted by Crippen LogP contribution is 1.81. The van der Waals surface area contributed by atoms with E-state index >= 15 is 0 Å². The van der Waals surface area contributed by atoms with Crippen LogP contribution in [0.25, 0.3) is 0 Å². The quantitative estimate of drug-likeness (QED) is 0.488. The monoisotopic (exact) mass is 229 g/mol. The molecular formula is C11H23N3O2. The van der Waals surface area contributed by atoms with Crippen LogP contribution in [0.15, 0.2) is 0 Å². The first-order valence-corrected chi connectivity index (χ1v) is 5.94. The summed E-state index contributed by atoms with van der Waals surface area (Å²) >= 11 is 0. The van der Waals surface area contributed by atoms with Crippen molar-refractivity contribution in [3.63, 3.8) is 0 Å². The fourth-order valence-corrected chi connectivity index (χ4v) is 1.09. The Bertz CT molecular complexity index is 185. The van der Waals surface area contributed by atoms with Crippen molar-refractivity contribution in [1.82, 2.24) is 16.0 Å². The van der Waals surface area contributed by atoms with Crippen molar-refractivity contribution in [2.45, 2.75) is 33.1 Å². The molecule has 0 saturated carbocycles. The molecule has 0 rings (SSSR count). The summed E-state index contributed by atoms with van der Waals surface area (Å²) in [6.07, 6.45) is 3.01. The van der Waals surface area contributed by atoms with Crippen LogP contribution in [0.1, 0.15) is 33.1 Å². The molecule has 5 nitrogen and oxygen atoms in total. The number of nitrogens with one attached hydrogen (secondary N) is 3. The van der Waals surface area contributed by atoms with Crippen molar-refractivity contribution in [2.24, 2.45) is 0 Å². The van der Waals surface area contributed by atoms with E-state index in [2.05, 4.69) is 22.9 Å². The Hall–Kier alpha value is -1.10. The summed E-state index contributed by atoms with van der Waals surface area (Å²) in [5.41, 5.74) is 0. The number of hydrogen-bond acceptors (Lipinski definition) is 3. The molecule has 16 heavy (non-hydrogen) atoms. The molecule has 0 aromatic heterocycles. The highest BCUT2D eigenvalue weighted by Gasteiger charge is 2.03. The van der Waals surface area contributed by atoms with Crippen LogP contribution >= 0.6 is 0 Å². The maximum atomic E-state index is 11.2. The number of unbranched alkanes of at least 4 members (excludes halogenated alkanes) is 1. The van der Waals surface area contributed by atoms with Crippen molar-refractivity contribution in [2.75, 3.05) is 26.2 Å². The van der Waals surface area contributed by atoms with E-state index in [0.29, 0.717) is 6.54 Å². The van der Waals surface area contributed by atoms with E-state index < -0.39 is 0 Å². The SMILES string of the molecule is CCCCNC(=O)CNC(=O)CNCCC. The third kappa shape index (κ3) is 9.45. The zero-order chi connectivity index (χ0) is 12.2. The van der Waals surface area contributed by atoms with Crippen LogP contribution in [-0.2, 0) is 9.59 Å². The van der Waals surface area contributed by atoms with Gasteiger partial charge < -0.3 is 16.0 Å². The van der Waals surface area contributed by atoms with Crippen molar-refractivity contribution in [1.29, 1.82) is 0 Å². The third-order valence-corrected chi connectivity index (χ3v) is 2.01. The third-order valence-electron chi connectivity index (χ3n) is 2.01. The van der Waals surface area contributed by atoms with Crippen LogP contribution in [-0.4, -0.2) is 38.0 Å². The molecule has 0 aliphatic rings. The van der Waals surface area contributed by atoms with Crippen molar-refractivity contribution in [3.05, 3.63) is 0 Å². The molecule has 0 spiro atoms. The van der Waals surface area contributed by atoms with E-state index in [0.717, 1.165) is 25.8 Å². The number of carbonyl (C=O) groups is 2. The van der Waals surface area contributed by atoms with Gasteiger partial charge in [-0.2, -0.15) is 0 Å². The topological polar surface area (TPSA) is 70.2 Å². The van der Waals surface area contributed by atoms with E-state index in [1.54, 1.807) is 0 Å². The number of carbonyl (C=O) groups excluding carboxylic acids is 2. The minimum atomic E-state index is -0.140. The maximum Gasteiger partial charge on any atom is 0.239 e. The molecule has 94 valence electrons. The second kappa shape index (κ2) is 10.4. The number of rotatable bonds is 9. The lowest BCUT2D eigenvalue weighted by molar-refractivity contribution is -0.125. The molecule has 0 fully saturated rings. The predicted molar refractivity (Wildman–Crippen MR) is 64.1 cm³/mol. The van der Waals surface area contributed by atoms with Gasteiger partial charge in [0.25, 0.3) is 0 Å². The summed E-state index contributed by atoms with van der Waals surface area (Å²) in [6.45, 7) is 5.93. The molecule has 0 bridgehead atoms. The Kier molecular flexibility index (Phi) is 9.70. The van der Waals surface area contributed by atoms with Gasteiger partial charge in [0.1, 0.15) is 0 Å². The minimum Gasteiger partial charge on any atom is -0.355 e. The maximum absolute atomic E-state index is 11.2.